The lowest BCUT2D eigenvalue weighted by Crippen LogP contribution is -2.23. The van der Waals surface area contributed by atoms with E-state index in [2.05, 4.69) is 0 Å². The molecule has 0 heterocycles. The van der Waals surface area contributed by atoms with E-state index in [-0.39, 0.29) is 4.91 Å². The molecule has 0 spiro atoms. The van der Waals surface area contributed by atoms with Gasteiger partial charge in [-0.1, -0.05) is 18.9 Å². The van der Waals surface area contributed by atoms with Crippen molar-refractivity contribution in [2.45, 2.75) is 38.5 Å². The van der Waals surface area contributed by atoms with E-state index < -0.39 is 10.1 Å². The van der Waals surface area contributed by atoms with Crippen LogP contribution in [0.2, 0.25) is 0 Å². The van der Waals surface area contributed by atoms with Crippen molar-refractivity contribution in [1.82, 2.24) is 0 Å². The van der Waals surface area contributed by atoms with Crippen molar-refractivity contribution in [3.8, 4) is 0 Å². The van der Waals surface area contributed by atoms with E-state index in [4.69, 9.17) is 4.55 Å². The Labute approximate surface area is 85.0 Å². The minimum atomic E-state index is -3.92. The van der Waals surface area contributed by atoms with Crippen LogP contribution in [0.15, 0.2) is 11.0 Å². The second-order valence-electron chi connectivity index (χ2n) is 4.36. The van der Waals surface area contributed by atoms with Crippen LogP contribution in [0.1, 0.15) is 38.5 Å². The fraction of sp³-hybridized carbons (Fsp3) is 0.800. The summed E-state index contributed by atoms with van der Waals surface area (Å²) in [6.07, 6.45) is 8.02. The van der Waals surface area contributed by atoms with Gasteiger partial charge in [-0.05, 0) is 37.5 Å². The molecule has 2 atom stereocenters. The molecule has 0 amide bonds. The zero-order valence-corrected chi connectivity index (χ0v) is 8.96. The summed E-state index contributed by atoms with van der Waals surface area (Å²) in [6.45, 7) is 0. The standard InChI is InChI=1S/C10H16O3S/c11-14(12,13)10-6-5-8-3-1-2-4-9(8)7-10/h7-9H,1-6H2,(H,11,12,13). The van der Waals surface area contributed by atoms with Crippen molar-refractivity contribution in [3.05, 3.63) is 11.0 Å². The number of hydrogen-bond donors (Lipinski definition) is 1. The van der Waals surface area contributed by atoms with E-state index >= 15 is 0 Å². The molecule has 3 nitrogen and oxygen atoms in total. The predicted molar refractivity (Wildman–Crippen MR) is 54.3 cm³/mol. The van der Waals surface area contributed by atoms with Gasteiger partial charge < -0.3 is 0 Å². The predicted octanol–water partition coefficient (Wildman–Crippen LogP) is 2.36. The Bertz CT molecular complexity index is 342. The summed E-state index contributed by atoms with van der Waals surface area (Å²) in [4.78, 5) is 0.251. The number of hydrogen-bond acceptors (Lipinski definition) is 2. The molecule has 2 rings (SSSR count). The first kappa shape index (κ1) is 10.2. The molecule has 2 unspecified atom stereocenters. The first-order chi connectivity index (χ1) is 6.57. The molecule has 1 N–H and O–H groups in total. The highest BCUT2D eigenvalue weighted by molar-refractivity contribution is 7.89. The third kappa shape index (κ3) is 2.01. The molecule has 2 aliphatic rings. The van der Waals surface area contributed by atoms with E-state index in [9.17, 15) is 8.42 Å². The molecule has 2 aliphatic carbocycles. The first-order valence-electron chi connectivity index (χ1n) is 5.25. The second-order valence-corrected chi connectivity index (χ2v) is 5.83. The quantitative estimate of drug-likeness (QED) is 0.684. The lowest BCUT2D eigenvalue weighted by Gasteiger charge is -2.33. The van der Waals surface area contributed by atoms with Gasteiger partial charge in [-0.3, -0.25) is 4.55 Å². The maximum absolute atomic E-state index is 10.9. The van der Waals surface area contributed by atoms with Crippen LogP contribution in [0.25, 0.3) is 0 Å². The van der Waals surface area contributed by atoms with Crippen molar-refractivity contribution in [2.24, 2.45) is 11.8 Å². The maximum atomic E-state index is 10.9. The van der Waals surface area contributed by atoms with Crippen LogP contribution in [-0.2, 0) is 10.1 Å². The molecule has 4 heteroatoms. The largest absolute Gasteiger partial charge is 0.290 e. The van der Waals surface area contributed by atoms with Crippen LogP contribution >= 0.6 is 0 Å². The minimum Gasteiger partial charge on any atom is -0.282 e. The molecule has 0 aromatic heterocycles. The van der Waals surface area contributed by atoms with Gasteiger partial charge in [0.15, 0.2) is 0 Å². The van der Waals surface area contributed by atoms with Gasteiger partial charge in [-0.2, -0.15) is 8.42 Å². The first-order valence-corrected chi connectivity index (χ1v) is 6.69. The molecule has 14 heavy (non-hydrogen) atoms. The normalized spacial score (nSPS) is 33.4. The number of allylic oxidation sites excluding steroid dienone is 2. The molecule has 80 valence electrons. The van der Waals surface area contributed by atoms with Gasteiger partial charge in [0.1, 0.15) is 0 Å². The lowest BCUT2D eigenvalue weighted by atomic mass is 9.74. The minimum absolute atomic E-state index is 0.251. The van der Waals surface area contributed by atoms with E-state index in [1.807, 2.05) is 0 Å². The lowest BCUT2D eigenvalue weighted by molar-refractivity contribution is 0.257. The molecule has 1 saturated carbocycles. The molecule has 0 aromatic carbocycles. The molecule has 0 aliphatic heterocycles. The summed E-state index contributed by atoms with van der Waals surface area (Å²) in [5, 5.41) is 0. The molecule has 1 fully saturated rings. The van der Waals surface area contributed by atoms with Crippen LogP contribution in [0.4, 0.5) is 0 Å². The third-order valence-electron chi connectivity index (χ3n) is 3.46. The summed E-state index contributed by atoms with van der Waals surface area (Å²) >= 11 is 0. The highest BCUT2D eigenvalue weighted by atomic mass is 32.2. The van der Waals surface area contributed by atoms with Gasteiger partial charge in [0, 0.05) is 0 Å². The smallest absolute Gasteiger partial charge is 0.282 e. The summed E-state index contributed by atoms with van der Waals surface area (Å²) in [6, 6.07) is 0. The fourth-order valence-electron chi connectivity index (χ4n) is 2.68. The molecule has 0 aromatic rings. The van der Waals surface area contributed by atoms with Crippen LogP contribution in [0.3, 0.4) is 0 Å². The van der Waals surface area contributed by atoms with E-state index in [0.29, 0.717) is 18.3 Å². The molecular weight excluding hydrogens is 200 g/mol. The van der Waals surface area contributed by atoms with Gasteiger partial charge in [-0.25, -0.2) is 0 Å². The van der Waals surface area contributed by atoms with Gasteiger partial charge in [-0.15, -0.1) is 0 Å². The SMILES string of the molecule is O=S(=O)(O)C1=CC2CCCCC2CC1. The summed E-state index contributed by atoms with van der Waals surface area (Å²) < 4.78 is 30.8. The molecule has 0 saturated heterocycles. The molecular formula is C10H16O3S. The monoisotopic (exact) mass is 216 g/mol. The van der Waals surface area contributed by atoms with Gasteiger partial charge in [0.05, 0.1) is 4.91 Å². The third-order valence-corrected chi connectivity index (χ3v) is 4.46. The zero-order valence-electron chi connectivity index (χ0n) is 8.15. The van der Waals surface area contributed by atoms with Crippen LogP contribution < -0.4 is 0 Å². The Balaban J connectivity index is 2.20. The van der Waals surface area contributed by atoms with E-state index in [1.165, 1.54) is 19.3 Å². The van der Waals surface area contributed by atoms with E-state index in [0.717, 1.165) is 12.8 Å². The van der Waals surface area contributed by atoms with Crippen LogP contribution in [0.5, 0.6) is 0 Å². The highest BCUT2D eigenvalue weighted by Crippen LogP contribution is 2.39. The van der Waals surface area contributed by atoms with Crippen LogP contribution in [-0.4, -0.2) is 13.0 Å². The Hall–Kier alpha value is -0.350. The van der Waals surface area contributed by atoms with Gasteiger partial charge in [0.25, 0.3) is 10.1 Å². The van der Waals surface area contributed by atoms with Gasteiger partial charge >= 0.3 is 0 Å². The summed E-state index contributed by atoms with van der Waals surface area (Å²) in [7, 11) is -3.92. The van der Waals surface area contributed by atoms with Crippen molar-refractivity contribution in [1.29, 1.82) is 0 Å². The van der Waals surface area contributed by atoms with Crippen molar-refractivity contribution < 1.29 is 13.0 Å². The molecule has 0 bridgehead atoms. The Morgan fingerprint density at radius 1 is 1.21 bits per heavy atom. The average Bonchev–Trinajstić information content (AvgIpc) is 2.16. The second kappa shape index (κ2) is 3.66. The summed E-state index contributed by atoms with van der Waals surface area (Å²) in [5.74, 6) is 1.06. The van der Waals surface area contributed by atoms with E-state index in [1.54, 1.807) is 6.08 Å². The number of fused-ring (bicyclic) bond motifs is 1. The fourth-order valence-corrected chi connectivity index (χ4v) is 3.40. The average molecular weight is 216 g/mol. The zero-order chi connectivity index (χ0) is 10.2. The summed E-state index contributed by atoms with van der Waals surface area (Å²) in [5.41, 5.74) is 0. The topological polar surface area (TPSA) is 54.4 Å². The van der Waals surface area contributed by atoms with Crippen LogP contribution in [0, 0.1) is 11.8 Å². The van der Waals surface area contributed by atoms with Crippen molar-refractivity contribution in [3.63, 3.8) is 0 Å². The Morgan fingerprint density at radius 2 is 1.93 bits per heavy atom. The number of rotatable bonds is 1. The van der Waals surface area contributed by atoms with Gasteiger partial charge in [0.2, 0.25) is 0 Å². The highest BCUT2D eigenvalue weighted by Gasteiger charge is 2.30. The Kier molecular flexibility index (Phi) is 2.66. The maximum Gasteiger partial charge on any atom is 0.290 e. The molecule has 0 radical (unpaired) electrons. The Morgan fingerprint density at radius 3 is 2.64 bits per heavy atom. The van der Waals surface area contributed by atoms with Crippen molar-refractivity contribution >= 4 is 10.1 Å². The van der Waals surface area contributed by atoms with Crippen molar-refractivity contribution in [2.75, 3.05) is 0 Å².